The van der Waals surface area contributed by atoms with Gasteiger partial charge in [0, 0.05) is 23.4 Å². The molecule has 0 aliphatic rings. The molecule has 0 saturated heterocycles. The highest BCUT2D eigenvalue weighted by atomic mass is 79.9. The van der Waals surface area contributed by atoms with Gasteiger partial charge in [0.05, 0.1) is 17.0 Å². The van der Waals surface area contributed by atoms with Gasteiger partial charge < -0.3 is 15.5 Å². The Kier molecular flexibility index (Phi) is 5.22. The van der Waals surface area contributed by atoms with E-state index in [0.717, 1.165) is 10.3 Å². The molecule has 1 rings (SSSR count). The van der Waals surface area contributed by atoms with Gasteiger partial charge in [-0.2, -0.15) is 0 Å². The summed E-state index contributed by atoms with van der Waals surface area (Å²) in [6, 6.07) is 4.07. The lowest BCUT2D eigenvalue weighted by atomic mass is 9.93. The number of aliphatic hydroxyl groups is 2. The van der Waals surface area contributed by atoms with E-state index in [1.54, 1.807) is 11.3 Å². The van der Waals surface area contributed by atoms with E-state index >= 15 is 0 Å². The first-order valence-electron chi connectivity index (χ1n) is 4.76. The van der Waals surface area contributed by atoms with Gasteiger partial charge in [0.2, 0.25) is 0 Å². The predicted octanol–water partition coefficient (Wildman–Crippen LogP) is 1.59. The molecule has 3 N–H and O–H groups in total. The lowest BCUT2D eigenvalue weighted by molar-refractivity contribution is 0.0696. The summed E-state index contributed by atoms with van der Waals surface area (Å²) < 4.78 is 1.12. The van der Waals surface area contributed by atoms with Crippen molar-refractivity contribution in [1.29, 1.82) is 0 Å². The second kappa shape index (κ2) is 5.96. The highest BCUT2D eigenvalue weighted by molar-refractivity contribution is 9.11. The third kappa shape index (κ3) is 4.20. The normalized spacial score (nSPS) is 12.0. The summed E-state index contributed by atoms with van der Waals surface area (Å²) in [5.74, 6) is 0. The molecule has 5 heteroatoms. The Bertz CT molecular complexity index is 299. The number of aliphatic hydroxyl groups excluding tert-OH is 2. The summed E-state index contributed by atoms with van der Waals surface area (Å²) >= 11 is 5.08. The quantitative estimate of drug-likeness (QED) is 0.747. The zero-order valence-corrected chi connectivity index (χ0v) is 11.1. The van der Waals surface area contributed by atoms with Gasteiger partial charge in [-0.05, 0) is 28.1 Å². The highest BCUT2D eigenvalue weighted by Gasteiger charge is 2.21. The minimum absolute atomic E-state index is 0.00929. The van der Waals surface area contributed by atoms with Crippen LogP contribution in [0.2, 0.25) is 0 Å². The highest BCUT2D eigenvalue weighted by Crippen LogP contribution is 2.22. The molecule has 3 nitrogen and oxygen atoms in total. The second-order valence-corrected chi connectivity index (χ2v) is 6.48. The maximum atomic E-state index is 9.08. The van der Waals surface area contributed by atoms with Crippen LogP contribution in [0.3, 0.4) is 0 Å². The van der Waals surface area contributed by atoms with E-state index in [-0.39, 0.29) is 13.2 Å². The van der Waals surface area contributed by atoms with Gasteiger partial charge in [-0.3, -0.25) is 0 Å². The SMILES string of the molecule is CC(CO)(CO)CNCc1ccc(Br)s1. The van der Waals surface area contributed by atoms with Crippen molar-refractivity contribution in [3.63, 3.8) is 0 Å². The van der Waals surface area contributed by atoms with Crippen LogP contribution in [-0.4, -0.2) is 30.0 Å². The van der Waals surface area contributed by atoms with E-state index in [4.69, 9.17) is 10.2 Å². The molecule has 1 heterocycles. The maximum Gasteiger partial charge on any atom is 0.0701 e. The molecule has 0 aliphatic heterocycles. The molecule has 1 aromatic rings. The number of thiophene rings is 1. The molecule has 15 heavy (non-hydrogen) atoms. The van der Waals surface area contributed by atoms with Crippen molar-refractivity contribution in [2.24, 2.45) is 5.41 Å². The molecule has 0 radical (unpaired) electrons. The number of halogens is 1. The van der Waals surface area contributed by atoms with Gasteiger partial charge in [0.25, 0.3) is 0 Å². The molecule has 1 aromatic heterocycles. The van der Waals surface area contributed by atoms with E-state index < -0.39 is 5.41 Å². The van der Waals surface area contributed by atoms with E-state index in [0.29, 0.717) is 6.54 Å². The summed E-state index contributed by atoms with van der Waals surface area (Å²) in [6.45, 7) is 3.21. The van der Waals surface area contributed by atoms with Gasteiger partial charge in [-0.15, -0.1) is 11.3 Å². The second-order valence-electron chi connectivity index (χ2n) is 3.94. The monoisotopic (exact) mass is 293 g/mol. The van der Waals surface area contributed by atoms with Crippen LogP contribution in [0.4, 0.5) is 0 Å². The van der Waals surface area contributed by atoms with Gasteiger partial charge in [-0.1, -0.05) is 6.92 Å². The van der Waals surface area contributed by atoms with Crippen LogP contribution in [0.5, 0.6) is 0 Å². The van der Waals surface area contributed by atoms with Crippen molar-refractivity contribution in [1.82, 2.24) is 5.32 Å². The minimum atomic E-state index is -0.436. The molecule has 0 saturated carbocycles. The van der Waals surface area contributed by atoms with Crippen LogP contribution in [0.15, 0.2) is 15.9 Å². The fourth-order valence-electron chi connectivity index (χ4n) is 1.10. The molecule has 0 bridgehead atoms. The third-order valence-corrected chi connectivity index (χ3v) is 3.87. The summed E-state index contributed by atoms with van der Waals surface area (Å²) in [5.41, 5.74) is -0.436. The van der Waals surface area contributed by atoms with Crippen LogP contribution in [0.1, 0.15) is 11.8 Å². The molecule has 0 atom stereocenters. The first-order chi connectivity index (χ1) is 7.09. The topological polar surface area (TPSA) is 52.5 Å². The fraction of sp³-hybridized carbons (Fsp3) is 0.600. The van der Waals surface area contributed by atoms with Gasteiger partial charge in [0.1, 0.15) is 0 Å². The number of rotatable bonds is 6. The van der Waals surface area contributed by atoms with Crippen LogP contribution in [0, 0.1) is 5.41 Å². The van der Waals surface area contributed by atoms with Crippen molar-refractivity contribution < 1.29 is 10.2 Å². The number of hydrogen-bond donors (Lipinski definition) is 3. The van der Waals surface area contributed by atoms with Crippen LogP contribution in [0.25, 0.3) is 0 Å². The van der Waals surface area contributed by atoms with Gasteiger partial charge in [0.15, 0.2) is 0 Å². The molecule has 86 valence electrons. The van der Waals surface area contributed by atoms with Crippen LogP contribution < -0.4 is 5.32 Å². The third-order valence-electron chi connectivity index (χ3n) is 2.24. The smallest absolute Gasteiger partial charge is 0.0701 e. The van der Waals surface area contributed by atoms with Crippen molar-refractivity contribution in [3.05, 3.63) is 20.8 Å². The molecule has 0 fully saturated rings. The van der Waals surface area contributed by atoms with E-state index in [9.17, 15) is 0 Å². The first kappa shape index (κ1) is 13.1. The summed E-state index contributed by atoms with van der Waals surface area (Å²) in [5, 5.41) is 21.4. The van der Waals surface area contributed by atoms with E-state index in [1.165, 1.54) is 4.88 Å². The predicted molar refractivity (Wildman–Crippen MR) is 66.0 cm³/mol. The zero-order chi connectivity index (χ0) is 11.3. The van der Waals surface area contributed by atoms with Crippen molar-refractivity contribution >= 4 is 27.3 Å². The van der Waals surface area contributed by atoms with Gasteiger partial charge in [-0.25, -0.2) is 0 Å². The fourth-order valence-corrected chi connectivity index (χ4v) is 2.55. The average Bonchev–Trinajstić information content (AvgIpc) is 2.64. The van der Waals surface area contributed by atoms with Crippen molar-refractivity contribution in [2.75, 3.05) is 19.8 Å². The maximum absolute atomic E-state index is 9.08. The van der Waals surface area contributed by atoms with Crippen LogP contribution >= 0.6 is 27.3 Å². The van der Waals surface area contributed by atoms with Crippen molar-refractivity contribution in [3.8, 4) is 0 Å². The summed E-state index contributed by atoms with van der Waals surface area (Å²) in [6.07, 6.45) is 0. The summed E-state index contributed by atoms with van der Waals surface area (Å²) in [4.78, 5) is 1.24. The standard InChI is InChI=1S/C10H16BrNO2S/c1-10(6-13,7-14)5-12-4-8-2-3-9(11)15-8/h2-3,12-14H,4-7H2,1H3. The molecule has 0 aromatic carbocycles. The van der Waals surface area contributed by atoms with Crippen LogP contribution in [-0.2, 0) is 6.54 Å². The first-order valence-corrected chi connectivity index (χ1v) is 6.37. The number of nitrogens with one attached hydrogen (secondary N) is 1. The molecular weight excluding hydrogens is 278 g/mol. The van der Waals surface area contributed by atoms with E-state index in [1.807, 2.05) is 13.0 Å². The lowest BCUT2D eigenvalue weighted by Crippen LogP contribution is -2.37. The average molecular weight is 294 g/mol. The summed E-state index contributed by atoms with van der Waals surface area (Å²) in [7, 11) is 0. The van der Waals surface area contributed by atoms with Crippen molar-refractivity contribution in [2.45, 2.75) is 13.5 Å². The zero-order valence-electron chi connectivity index (χ0n) is 8.66. The van der Waals surface area contributed by atoms with Gasteiger partial charge >= 0.3 is 0 Å². The lowest BCUT2D eigenvalue weighted by Gasteiger charge is -2.24. The minimum Gasteiger partial charge on any atom is -0.396 e. The Labute approximate surface area is 102 Å². The number of hydrogen-bond acceptors (Lipinski definition) is 4. The molecule has 0 unspecified atom stereocenters. The Morgan fingerprint density at radius 1 is 1.40 bits per heavy atom. The largest absolute Gasteiger partial charge is 0.396 e. The molecular formula is C10H16BrNO2S. The Morgan fingerprint density at radius 3 is 2.53 bits per heavy atom. The Balaban J connectivity index is 2.32. The molecule has 0 spiro atoms. The molecule has 0 aliphatic carbocycles. The molecule has 0 amide bonds. The Morgan fingerprint density at radius 2 is 2.07 bits per heavy atom. The Hall–Kier alpha value is 0.0600. The van der Waals surface area contributed by atoms with E-state index in [2.05, 4.69) is 27.3 Å².